The van der Waals surface area contributed by atoms with Crippen molar-refractivity contribution in [2.24, 2.45) is 0 Å². The summed E-state index contributed by atoms with van der Waals surface area (Å²) >= 11 is 0. The molecule has 1 aliphatic heterocycles. The third-order valence-electron chi connectivity index (χ3n) is 5.49. The Morgan fingerprint density at radius 3 is 2.10 bits per heavy atom. The Morgan fingerprint density at radius 2 is 1.45 bits per heavy atom. The van der Waals surface area contributed by atoms with E-state index in [-0.39, 0.29) is 5.82 Å². The Balaban J connectivity index is 1.43. The van der Waals surface area contributed by atoms with Gasteiger partial charge < -0.3 is 9.64 Å². The lowest BCUT2D eigenvalue weighted by atomic mass is 10.0. The zero-order valence-corrected chi connectivity index (χ0v) is 16.3. The van der Waals surface area contributed by atoms with Crippen LogP contribution in [0.15, 0.2) is 66.7 Å². The largest absolute Gasteiger partial charge is 0.378 e. The zero-order valence-electron chi connectivity index (χ0n) is 16.3. The number of benzene rings is 3. The minimum atomic E-state index is -0.254. The molecule has 0 N–H and O–H groups in total. The van der Waals surface area contributed by atoms with Crippen LogP contribution in [0.1, 0.15) is 5.82 Å². The van der Waals surface area contributed by atoms with Gasteiger partial charge in [0.1, 0.15) is 11.6 Å². The van der Waals surface area contributed by atoms with Crippen molar-refractivity contribution >= 4 is 16.7 Å². The van der Waals surface area contributed by atoms with Gasteiger partial charge in [-0.15, -0.1) is 0 Å². The summed E-state index contributed by atoms with van der Waals surface area (Å²) in [4.78, 5) is 6.90. The maximum atomic E-state index is 13.7. The van der Waals surface area contributed by atoms with E-state index in [0.717, 1.165) is 54.4 Å². The first-order valence-electron chi connectivity index (χ1n) is 9.87. The molecule has 0 amide bonds. The molecule has 29 heavy (non-hydrogen) atoms. The highest BCUT2D eigenvalue weighted by Gasteiger charge is 2.12. The van der Waals surface area contributed by atoms with Crippen molar-refractivity contribution in [3.63, 3.8) is 0 Å². The maximum absolute atomic E-state index is 13.7. The van der Waals surface area contributed by atoms with Gasteiger partial charge in [0, 0.05) is 30.5 Å². The van der Waals surface area contributed by atoms with E-state index in [1.807, 2.05) is 11.5 Å². The normalized spacial score (nSPS) is 14.5. The second kappa shape index (κ2) is 7.33. The smallest absolute Gasteiger partial charge is 0.125 e. The predicted molar refractivity (Wildman–Crippen MR) is 114 cm³/mol. The summed E-state index contributed by atoms with van der Waals surface area (Å²) in [6.07, 6.45) is 0. The van der Waals surface area contributed by atoms with Gasteiger partial charge in [0.2, 0.25) is 0 Å². The fourth-order valence-electron chi connectivity index (χ4n) is 3.98. The third-order valence-corrected chi connectivity index (χ3v) is 5.49. The lowest BCUT2D eigenvalue weighted by Gasteiger charge is -2.28. The number of ether oxygens (including phenoxy) is 1. The number of anilines is 1. The van der Waals surface area contributed by atoms with Crippen molar-refractivity contribution < 1.29 is 9.13 Å². The van der Waals surface area contributed by atoms with E-state index in [9.17, 15) is 4.39 Å². The van der Waals surface area contributed by atoms with Gasteiger partial charge in [0.25, 0.3) is 0 Å². The summed E-state index contributed by atoms with van der Waals surface area (Å²) < 4.78 is 21.2. The van der Waals surface area contributed by atoms with Crippen molar-refractivity contribution in [3.05, 3.63) is 78.4 Å². The van der Waals surface area contributed by atoms with Crippen LogP contribution in [-0.4, -0.2) is 35.9 Å². The summed E-state index contributed by atoms with van der Waals surface area (Å²) in [6.45, 7) is 5.39. The molecule has 1 saturated heterocycles. The average Bonchev–Trinajstić information content (AvgIpc) is 3.09. The first-order chi connectivity index (χ1) is 14.2. The second-order valence-corrected chi connectivity index (χ2v) is 7.32. The summed E-state index contributed by atoms with van der Waals surface area (Å²) in [6, 6.07) is 21.7. The lowest BCUT2D eigenvalue weighted by molar-refractivity contribution is 0.122. The number of imidazole rings is 1. The van der Waals surface area contributed by atoms with Crippen LogP contribution in [-0.2, 0) is 4.74 Å². The molecule has 4 nitrogen and oxygen atoms in total. The molecule has 2 heterocycles. The first kappa shape index (κ1) is 17.9. The Labute approximate surface area is 169 Å². The van der Waals surface area contributed by atoms with Crippen molar-refractivity contribution in [2.45, 2.75) is 6.92 Å². The molecule has 5 heteroatoms. The van der Waals surface area contributed by atoms with Gasteiger partial charge in [0.05, 0.1) is 24.2 Å². The molecule has 0 spiro atoms. The van der Waals surface area contributed by atoms with Gasteiger partial charge in [-0.05, 0) is 54.4 Å². The van der Waals surface area contributed by atoms with E-state index in [2.05, 4.69) is 58.4 Å². The van der Waals surface area contributed by atoms with Crippen molar-refractivity contribution in [1.29, 1.82) is 0 Å². The fraction of sp³-hybridized carbons (Fsp3) is 0.208. The minimum Gasteiger partial charge on any atom is -0.378 e. The van der Waals surface area contributed by atoms with Gasteiger partial charge in [-0.3, -0.25) is 4.57 Å². The summed E-state index contributed by atoms with van der Waals surface area (Å²) in [5.41, 5.74) is 6.11. The Kier molecular flexibility index (Phi) is 4.52. The number of rotatable bonds is 3. The van der Waals surface area contributed by atoms with Crippen LogP contribution in [0.3, 0.4) is 0 Å². The Morgan fingerprint density at radius 1 is 0.828 bits per heavy atom. The summed E-state index contributed by atoms with van der Waals surface area (Å²) in [5.74, 6) is 0.587. The van der Waals surface area contributed by atoms with Gasteiger partial charge in [-0.1, -0.05) is 24.3 Å². The topological polar surface area (TPSA) is 30.3 Å². The highest BCUT2D eigenvalue weighted by Crippen LogP contribution is 2.27. The van der Waals surface area contributed by atoms with E-state index in [1.165, 1.54) is 23.4 Å². The molecule has 3 aromatic carbocycles. The summed E-state index contributed by atoms with van der Waals surface area (Å²) in [7, 11) is 0. The highest BCUT2D eigenvalue weighted by molar-refractivity contribution is 5.78. The van der Waals surface area contributed by atoms with E-state index in [4.69, 9.17) is 4.74 Å². The molecule has 5 rings (SSSR count). The number of halogens is 1. The number of fused-ring (bicyclic) bond motifs is 1. The predicted octanol–water partition coefficient (Wildman–Crippen LogP) is 4.98. The van der Waals surface area contributed by atoms with Crippen molar-refractivity contribution in [2.75, 3.05) is 31.2 Å². The Bertz CT molecular complexity index is 1140. The van der Waals surface area contributed by atoms with Crippen LogP contribution >= 0.6 is 0 Å². The SMILES string of the molecule is Cc1nc2ccc(F)cc2n1-c1ccc(-c2ccc(N3CCOCC3)cc2)cc1. The monoisotopic (exact) mass is 387 g/mol. The van der Waals surface area contributed by atoms with Crippen molar-refractivity contribution in [1.82, 2.24) is 9.55 Å². The molecule has 146 valence electrons. The van der Waals surface area contributed by atoms with Gasteiger partial charge >= 0.3 is 0 Å². The third kappa shape index (κ3) is 3.38. The zero-order chi connectivity index (χ0) is 19.8. The molecule has 4 aromatic rings. The van der Waals surface area contributed by atoms with Crippen LogP contribution < -0.4 is 4.90 Å². The molecule has 0 unspecified atom stereocenters. The van der Waals surface area contributed by atoms with Crippen LogP contribution in [0.5, 0.6) is 0 Å². The van der Waals surface area contributed by atoms with E-state index in [0.29, 0.717) is 0 Å². The fourth-order valence-corrected chi connectivity index (χ4v) is 3.98. The van der Waals surface area contributed by atoms with Gasteiger partial charge in [0.15, 0.2) is 0 Å². The average molecular weight is 387 g/mol. The number of hydrogen-bond donors (Lipinski definition) is 0. The van der Waals surface area contributed by atoms with Crippen molar-refractivity contribution in [3.8, 4) is 16.8 Å². The highest BCUT2D eigenvalue weighted by atomic mass is 19.1. The number of aromatic nitrogens is 2. The minimum absolute atomic E-state index is 0.254. The standard InChI is InChI=1S/C24H22FN3O/c1-17-26-23-11-6-20(25)16-24(23)28(17)22-9-4-19(5-10-22)18-2-7-21(8-3-18)27-12-14-29-15-13-27/h2-11,16H,12-15H2,1H3. The van der Waals surface area contributed by atoms with E-state index < -0.39 is 0 Å². The van der Waals surface area contributed by atoms with Gasteiger partial charge in [-0.2, -0.15) is 0 Å². The van der Waals surface area contributed by atoms with Crippen LogP contribution in [0, 0.1) is 12.7 Å². The quantitative estimate of drug-likeness (QED) is 0.497. The molecule has 0 aliphatic carbocycles. The van der Waals surface area contributed by atoms with Gasteiger partial charge in [-0.25, -0.2) is 9.37 Å². The number of morpholine rings is 1. The molecule has 0 bridgehead atoms. The lowest BCUT2D eigenvalue weighted by Crippen LogP contribution is -2.36. The first-order valence-corrected chi connectivity index (χ1v) is 9.87. The number of aryl methyl sites for hydroxylation is 1. The number of nitrogens with zero attached hydrogens (tertiary/aromatic N) is 3. The second-order valence-electron chi connectivity index (χ2n) is 7.32. The molecular formula is C24H22FN3O. The molecule has 0 saturated carbocycles. The molecule has 1 aromatic heterocycles. The Hall–Kier alpha value is -3.18. The summed E-state index contributed by atoms with van der Waals surface area (Å²) in [5, 5.41) is 0. The molecule has 1 aliphatic rings. The van der Waals surface area contributed by atoms with E-state index >= 15 is 0 Å². The van der Waals surface area contributed by atoms with Crippen LogP contribution in [0.25, 0.3) is 27.8 Å². The molecule has 0 radical (unpaired) electrons. The molecule has 0 atom stereocenters. The molecule has 1 fully saturated rings. The van der Waals surface area contributed by atoms with E-state index in [1.54, 1.807) is 6.07 Å². The number of hydrogen-bond acceptors (Lipinski definition) is 3. The molecular weight excluding hydrogens is 365 g/mol. The van der Waals surface area contributed by atoms with Crippen LogP contribution in [0.4, 0.5) is 10.1 Å². The maximum Gasteiger partial charge on any atom is 0.125 e. The van der Waals surface area contributed by atoms with Crippen LogP contribution in [0.2, 0.25) is 0 Å².